The highest BCUT2D eigenvalue weighted by Crippen LogP contribution is 2.32. The molecule has 0 saturated heterocycles. The lowest BCUT2D eigenvalue weighted by atomic mass is 9.84. The van der Waals surface area contributed by atoms with Gasteiger partial charge in [0.2, 0.25) is 0 Å². The Labute approximate surface area is 116 Å². The van der Waals surface area contributed by atoms with Gasteiger partial charge in [0.05, 0.1) is 0 Å². The molecule has 0 bridgehead atoms. The van der Waals surface area contributed by atoms with Gasteiger partial charge in [-0.15, -0.1) is 0 Å². The highest BCUT2D eigenvalue weighted by atomic mass is 14.9. The zero-order valence-electron chi connectivity index (χ0n) is 12.4. The predicted molar refractivity (Wildman–Crippen MR) is 82.2 cm³/mol. The third-order valence-electron chi connectivity index (χ3n) is 3.36. The summed E-state index contributed by atoms with van der Waals surface area (Å²) in [6.07, 6.45) is 4.95. The standard InChI is InChI=1S/C17H24N2/c1-5-19-16(11-17(2,3)4)15-8-6-7-13-12-18-10-9-14(13)15/h6-10,12,16,19H,5,11H2,1-4H3. The molecular formula is C17H24N2. The van der Waals surface area contributed by atoms with Crippen molar-refractivity contribution in [1.29, 1.82) is 0 Å². The summed E-state index contributed by atoms with van der Waals surface area (Å²) in [5.74, 6) is 0. The maximum Gasteiger partial charge on any atom is 0.0346 e. The van der Waals surface area contributed by atoms with Crippen molar-refractivity contribution in [3.8, 4) is 0 Å². The fraction of sp³-hybridized carbons (Fsp3) is 0.471. The average molecular weight is 256 g/mol. The second-order valence-electron chi connectivity index (χ2n) is 6.32. The number of hydrogen-bond acceptors (Lipinski definition) is 2. The maximum atomic E-state index is 4.21. The van der Waals surface area contributed by atoms with E-state index in [1.165, 1.54) is 16.3 Å². The molecule has 1 heterocycles. The Kier molecular flexibility index (Phi) is 4.20. The molecule has 2 aromatic rings. The summed E-state index contributed by atoms with van der Waals surface area (Å²) < 4.78 is 0. The van der Waals surface area contributed by atoms with E-state index in [4.69, 9.17) is 0 Å². The zero-order valence-corrected chi connectivity index (χ0v) is 12.4. The number of nitrogens with zero attached hydrogens (tertiary/aromatic N) is 1. The van der Waals surface area contributed by atoms with Crippen LogP contribution >= 0.6 is 0 Å². The van der Waals surface area contributed by atoms with Crippen LogP contribution in [0.2, 0.25) is 0 Å². The summed E-state index contributed by atoms with van der Waals surface area (Å²) in [4.78, 5) is 4.21. The summed E-state index contributed by atoms with van der Waals surface area (Å²) in [5, 5.41) is 6.16. The Morgan fingerprint density at radius 3 is 2.68 bits per heavy atom. The van der Waals surface area contributed by atoms with Gasteiger partial charge in [0.1, 0.15) is 0 Å². The molecule has 0 radical (unpaired) electrons. The minimum atomic E-state index is 0.308. The quantitative estimate of drug-likeness (QED) is 0.881. The second-order valence-corrected chi connectivity index (χ2v) is 6.32. The van der Waals surface area contributed by atoms with Gasteiger partial charge in [-0.05, 0) is 35.4 Å². The van der Waals surface area contributed by atoms with Gasteiger partial charge in [-0.1, -0.05) is 45.9 Å². The van der Waals surface area contributed by atoms with Crippen LogP contribution in [-0.2, 0) is 0 Å². The molecule has 1 aromatic heterocycles. The lowest BCUT2D eigenvalue weighted by Gasteiger charge is -2.28. The van der Waals surface area contributed by atoms with Crippen LogP contribution in [0.5, 0.6) is 0 Å². The van der Waals surface area contributed by atoms with Crippen molar-refractivity contribution in [2.45, 2.75) is 40.2 Å². The maximum absolute atomic E-state index is 4.21. The van der Waals surface area contributed by atoms with E-state index in [-0.39, 0.29) is 0 Å². The monoisotopic (exact) mass is 256 g/mol. The number of hydrogen-bond donors (Lipinski definition) is 1. The van der Waals surface area contributed by atoms with Crippen molar-refractivity contribution >= 4 is 10.8 Å². The first-order chi connectivity index (χ1) is 9.01. The van der Waals surface area contributed by atoms with Gasteiger partial charge >= 0.3 is 0 Å². The SMILES string of the molecule is CCNC(CC(C)(C)C)c1cccc2cnccc12. The molecule has 0 fully saturated rings. The van der Waals surface area contributed by atoms with E-state index in [0.29, 0.717) is 11.5 Å². The topological polar surface area (TPSA) is 24.9 Å². The first-order valence-electron chi connectivity index (χ1n) is 7.07. The van der Waals surface area contributed by atoms with Crippen LogP contribution in [0.1, 0.15) is 45.7 Å². The Bertz CT molecular complexity index is 535. The number of pyridine rings is 1. The molecule has 0 aliphatic rings. The molecule has 1 aromatic carbocycles. The number of nitrogens with one attached hydrogen (secondary N) is 1. The smallest absolute Gasteiger partial charge is 0.0346 e. The van der Waals surface area contributed by atoms with E-state index in [2.05, 4.69) is 62.3 Å². The van der Waals surface area contributed by atoms with Gasteiger partial charge < -0.3 is 5.32 Å². The average Bonchev–Trinajstić information content (AvgIpc) is 2.36. The predicted octanol–water partition coefficient (Wildman–Crippen LogP) is 4.32. The van der Waals surface area contributed by atoms with Crippen LogP contribution in [0, 0.1) is 5.41 Å². The van der Waals surface area contributed by atoms with Crippen molar-refractivity contribution in [3.63, 3.8) is 0 Å². The van der Waals surface area contributed by atoms with Gasteiger partial charge in [0.25, 0.3) is 0 Å². The Hall–Kier alpha value is -1.41. The van der Waals surface area contributed by atoms with Gasteiger partial charge in [-0.2, -0.15) is 0 Å². The van der Waals surface area contributed by atoms with Gasteiger partial charge in [-0.3, -0.25) is 4.98 Å². The second kappa shape index (κ2) is 5.70. The molecule has 1 atom stereocenters. The lowest BCUT2D eigenvalue weighted by Crippen LogP contribution is -2.25. The molecule has 2 nitrogen and oxygen atoms in total. The minimum Gasteiger partial charge on any atom is -0.310 e. The number of benzene rings is 1. The molecule has 2 rings (SSSR count). The molecule has 2 heteroatoms. The molecule has 0 aliphatic heterocycles. The summed E-state index contributed by atoms with van der Waals surface area (Å²) >= 11 is 0. The molecule has 0 spiro atoms. The summed E-state index contributed by atoms with van der Waals surface area (Å²) in [7, 11) is 0. The highest BCUT2D eigenvalue weighted by Gasteiger charge is 2.20. The molecule has 102 valence electrons. The molecule has 1 unspecified atom stereocenters. The highest BCUT2D eigenvalue weighted by molar-refractivity contribution is 5.85. The molecular weight excluding hydrogens is 232 g/mol. The molecule has 1 N–H and O–H groups in total. The molecule has 19 heavy (non-hydrogen) atoms. The minimum absolute atomic E-state index is 0.308. The third-order valence-corrected chi connectivity index (χ3v) is 3.36. The van der Waals surface area contributed by atoms with E-state index in [9.17, 15) is 0 Å². The lowest BCUT2D eigenvalue weighted by molar-refractivity contribution is 0.315. The van der Waals surface area contributed by atoms with Crippen molar-refractivity contribution in [3.05, 3.63) is 42.2 Å². The molecule has 0 aliphatic carbocycles. The van der Waals surface area contributed by atoms with E-state index in [0.717, 1.165) is 13.0 Å². The number of fused-ring (bicyclic) bond motifs is 1. The molecule has 0 amide bonds. The van der Waals surface area contributed by atoms with E-state index < -0.39 is 0 Å². The fourth-order valence-electron chi connectivity index (χ4n) is 2.60. The van der Waals surface area contributed by atoms with Crippen LogP contribution < -0.4 is 5.32 Å². The van der Waals surface area contributed by atoms with E-state index >= 15 is 0 Å². The third kappa shape index (κ3) is 3.54. The van der Waals surface area contributed by atoms with Gasteiger partial charge in [0.15, 0.2) is 0 Å². The Morgan fingerprint density at radius 1 is 1.21 bits per heavy atom. The number of aromatic nitrogens is 1. The Balaban J connectivity index is 2.44. The zero-order chi connectivity index (χ0) is 13.9. The first kappa shape index (κ1) is 14.0. The van der Waals surface area contributed by atoms with Crippen LogP contribution in [0.3, 0.4) is 0 Å². The van der Waals surface area contributed by atoms with Gasteiger partial charge in [-0.25, -0.2) is 0 Å². The van der Waals surface area contributed by atoms with E-state index in [1.54, 1.807) is 0 Å². The first-order valence-corrected chi connectivity index (χ1v) is 7.07. The molecule has 0 saturated carbocycles. The summed E-state index contributed by atoms with van der Waals surface area (Å²) in [6.45, 7) is 10.0. The van der Waals surface area contributed by atoms with Crippen LogP contribution in [-0.4, -0.2) is 11.5 Å². The van der Waals surface area contributed by atoms with Crippen LogP contribution in [0.15, 0.2) is 36.7 Å². The normalized spacial score (nSPS) is 13.7. The fourth-order valence-corrected chi connectivity index (χ4v) is 2.60. The van der Waals surface area contributed by atoms with Crippen LogP contribution in [0.25, 0.3) is 10.8 Å². The Morgan fingerprint density at radius 2 is 2.00 bits per heavy atom. The largest absolute Gasteiger partial charge is 0.310 e. The van der Waals surface area contributed by atoms with Crippen LogP contribution in [0.4, 0.5) is 0 Å². The van der Waals surface area contributed by atoms with Crippen molar-refractivity contribution < 1.29 is 0 Å². The van der Waals surface area contributed by atoms with Crippen molar-refractivity contribution in [2.75, 3.05) is 6.54 Å². The summed E-state index contributed by atoms with van der Waals surface area (Å²) in [6, 6.07) is 9.02. The summed E-state index contributed by atoms with van der Waals surface area (Å²) in [5.41, 5.74) is 1.69. The van der Waals surface area contributed by atoms with Gasteiger partial charge in [0, 0.05) is 23.8 Å². The van der Waals surface area contributed by atoms with E-state index in [1.807, 2.05) is 12.4 Å². The van der Waals surface area contributed by atoms with Crippen molar-refractivity contribution in [1.82, 2.24) is 10.3 Å². The number of rotatable bonds is 4. The van der Waals surface area contributed by atoms with Crippen molar-refractivity contribution in [2.24, 2.45) is 5.41 Å².